The van der Waals surface area contributed by atoms with Gasteiger partial charge < -0.3 is 10.2 Å². The minimum absolute atomic E-state index is 0.0448. The lowest BCUT2D eigenvalue weighted by Crippen LogP contribution is -2.36. The summed E-state index contributed by atoms with van der Waals surface area (Å²) in [5, 5.41) is 4.93. The largest absolute Gasteiger partial charge is 0.333 e. The van der Waals surface area contributed by atoms with E-state index in [1.807, 2.05) is 36.7 Å². The summed E-state index contributed by atoms with van der Waals surface area (Å²) in [6.45, 7) is 3.28. The number of nitrogens with one attached hydrogen (secondary N) is 1. The number of nitrogens with zero attached hydrogens (tertiary/aromatic N) is 1. The molecule has 0 aliphatic carbocycles. The molecule has 1 aromatic carbocycles. The van der Waals surface area contributed by atoms with Crippen molar-refractivity contribution in [3.05, 3.63) is 57.8 Å². The second-order valence-electron chi connectivity index (χ2n) is 4.52. The van der Waals surface area contributed by atoms with Crippen LogP contribution >= 0.6 is 11.3 Å². The van der Waals surface area contributed by atoms with Crippen LogP contribution in [0.3, 0.4) is 0 Å². The molecular weight excluding hydrogens is 256 g/mol. The highest BCUT2D eigenvalue weighted by Gasteiger charge is 2.09. The van der Waals surface area contributed by atoms with E-state index in [4.69, 9.17) is 0 Å². The normalized spacial score (nSPS) is 10.2. The molecule has 0 unspecified atom stereocenters. The molecule has 100 valence electrons. The van der Waals surface area contributed by atoms with E-state index < -0.39 is 0 Å². The molecule has 0 radical (unpaired) electrons. The van der Waals surface area contributed by atoms with Crippen molar-refractivity contribution < 1.29 is 4.79 Å². The molecule has 0 saturated heterocycles. The fourth-order valence-electron chi connectivity index (χ4n) is 1.83. The van der Waals surface area contributed by atoms with E-state index in [2.05, 4.69) is 24.4 Å². The molecule has 0 aliphatic heterocycles. The first-order chi connectivity index (χ1) is 9.16. The first-order valence-corrected chi connectivity index (χ1v) is 7.10. The van der Waals surface area contributed by atoms with Crippen molar-refractivity contribution >= 4 is 17.4 Å². The maximum atomic E-state index is 12.0. The number of hydrogen-bond acceptors (Lipinski definition) is 2. The van der Waals surface area contributed by atoms with Crippen molar-refractivity contribution in [2.75, 3.05) is 7.05 Å². The van der Waals surface area contributed by atoms with Gasteiger partial charge in [0.2, 0.25) is 0 Å². The Hall–Kier alpha value is -1.81. The molecule has 1 N–H and O–H groups in total. The Labute approximate surface area is 117 Å². The predicted octanol–water partition coefficient (Wildman–Crippen LogP) is 3.40. The van der Waals surface area contributed by atoms with Crippen LogP contribution in [0, 0.1) is 6.92 Å². The van der Waals surface area contributed by atoms with Gasteiger partial charge in [-0.25, -0.2) is 4.79 Å². The van der Waals surface area contributed by atoms with Crippen LogP contribution in [-0.4, -0.2) is 18.0 Å². The van der Waals surface area contributed by atoms with Crippen LogP contribution in [0.1, 0.15) is 16.0 Å². The minimum Gasteiger partial charge on any atom is -0.333 e. The summed E-state index contributed by atoms with van der Waals surface area (Å²) in [7, 11) is 1.82. The summed E-state index contributed by atoms with van der Waals surface area (Å²) in [6.07, 6.45) is 0. The molecule has 0 fully saturated rings. The van der Waals surface area contributed by atoms with Crippen LogP contribution in [0.4, 0.5) is 4.79 Å². The number of carbonyl (C=O) groups excluding carboxylic acids is 1. The van der Waals surface area contributed by atoms with Gasteiger partial charge in [-0.2, -0.15) is 0 Å². The quantitative estimate of drug-likeness (QED) is 0.910. The van der Waals surface area contributed by atoms with Gasteiger partial charge in [0, 0.05) is 18.5 Å². The van der Waals surface area contributed by atoms with Crippen molar-refractivity contribution in [3.8, 4) is 0 Å². The minimum atomic E-state index is -0.0448. The summed E-state index contributed by atoms with van der Waals surface area (Å²) in [6, 6.07) is 12.1. The highest BCUT2D eigenvalue weighted by molar-refractivity contribution is 7.09. The summed E-state index contributed by atoms with van der Waals surface area (Å²) in [5.74, 6) is 0. The first kappa shape index (κ1) is 13.6. The van der Waals surface area contributed by atoms with Gasteiger partial charge in [-0.05, 0) is 29.5 Å². The first-order valence-electron chi connectivity index (χ1n) is 6.22. The van der Waals surface area contributed by atoms with E-state index >= 15 is 0 Å². The Bertz CT molecular complexity index is 537. The molecule has 0 saturated carbocycles. The average Bonchev–Trinajstić information content (AvgIpc) is 2.91. The number of rotatable bonds is 4. The van der Waals surface area contributed by atoms with E-state index in [9.17, 15) is 4.79 Å². The third-order valence-corrected chi connectivity index (χ3v) is 3.89. The van der Waals surface area contributed by atoms with Gasteiger partial charge in [-0.3, -0.25) is 0 Å². The molecule has 2 aromatic rings. The lowest BCUT2D eigenvalue weighted by molar-refractivity contribution is 0.206. The van der Waals surface area contributed by atoms with Gasteiger partial charge >= 0.3 is 6.03 Å². The van der Waals surface area contributed by atoms with Gasteiger partial charge in [-0.1, -0.05) is 30.3 Å². The Morgan fingerprint density at radius 2 is 2.05 bits per heavy atom. The zero-order chi connectivity index (χ0) is 13.7. The molecule has 19 heavy (non-hydrogen) atoms. The molecule has 0 aliphatic rings. The van der Waals surface area contributed by atoms with Crippen LogP contribution in [-0.2, 0) is 13.1 Å². The van der Waals surface area contributed by atoms with Crippen molar-refractivity contribution in [2.24, 2.45) is 0 Å². The molecule has 2 rings (SSSR count). The molecule has 0 atom stereocenters. The fraction of sp³-hybridized carbons (Fsp3) is 0.267. The summed E-state index contributed by atoms with van der Waals surface area (Å²) in [4.78, 5) is 14.8. The van der Waals surface area contributed by atoms with Crippen LogP contribution in [0.15, 0.2) is 41.8 Å². The lowest BCUT2D eigenvalue weighted by atomic mass is 10.1. The average molecular weight is 274 g/mol. The zero-order valence-electron chi connectivity index (χ0n) is 11.2. The van der Waals surface area contributed by atoms with Gasteiger partial charge in [0.05, 0.1) is 6.54 Å². The monoisotopic (exact) mass is 274 g/mol. The van der Waals surface area contributed by atoms with Crippen LogP contribution in [0.25, 0.3) is 0 Å². The van der Waals surface area contributed by atoms with Gasteiger partial charge in [0.25, 0.3) is 0 Å². The van der Waals surface area contributed by atoms with Crippen molar-refractivity contribution in [1.82, 2.24) is 10.2 Å². The highest BCUT2D eigenvalue weighted by atomic mass is 32.1. The molecular formula is C15H18N2OS. The van der Waals surface area contributed by atoms with Gasteiger partial charge in [0.1, 0.15) is 0 Å². The number of benzene rings is 1. The van der Waals surface area contributed by atoms with E-state index in [-0.39, 0.29) is 6.03 Å². The van der Waals surface area contributed by atoms with Crippen molar-refractivity contribution in [1.29, 1.82) is 0 Å². The molecule has 0 spiro atoms. The maximum Gasteiger partial charge on any atom is 0.317 e. The highest BCUT2D eigenvalue weighted by Crippen LogP contribution is 2.10. The summed E-state index contributed by atoms with van der Waals surface area (Å²) >= 11 is 1.65. The second kappa shape index (κ2) is 6.38. The summed E-state index contributed by atoms with van der Waals surface area (Å²) < 4.78 is 0. The molecule has 1 heterocycles. The Morgan fingerprint density at radius 1 is 1.26 bits per heavy atom. The lowest BCUT2D eigenvalue weighted by Gasteiger charge is -2.19. The standard InChI is InChI=1S/C15H18N2OS/c1-12-6-3-4-7-13(12)11-17(2)15(18)16-10-14-8-5-9-19-14/h3-9H,10-11H2,1-2H3,(H,16,18). The van der Waals surface area contributed by atoms with Crippen molar-refractivity contribution in [2.45, 2.75) is 20.0 Å². The number of urea groups is 1. The van der Waals surface area contributed by atoms with Crippen LogP contribution in [0.2, 0.25) is 0 Å². The Morgan fingerprint density at radius 3 is 2.74 bits per heavy atom. The van der Waals surface area contributed by atoms with Crippen molar-refractivity contribution in [3.63, 3.8) is 0 Å². The van der Waals surface area contributed by atoms with E-state index in [1.54, 1.807) is 16.2 Å². The Kier molecular flexibility index (Phi) is 4.58. The maximum absolute atomic E-state index is 12.0. The number of aryl methyl sites for hydroxylation is 1. The SMILES string of the molecule is Cc1ccccc1CN(C)C(=O)NCc1cccs1. The summed E-state index contributed by atoms with van der Waals surface area (Å²) in [5.41, 5.74) is 2.39. The smallest absolute Gasteiger partial charge is 0.317 e. The molecule has 2 amide bonds. The van der Waals surface area contributed by atoms with E-state index in [0.717, 1.165) is 4.88 Å². The van der Waals surface area contributed by atoms with Crippen LogP contribution in [0.5, 0.6) is 0 Å². The topological polar surface area (TPSA) is 32.3 Å². The second-order valence-corrected chi connectivity index (χ2v) is 5.55. The molecule has 1 aromatic heterocycles. The molecule has 0 bridgehead atoms. The Balaban J connectivity index is 1.87. The molecule has 3 nitrogen and oxygen atoms in total. The zero-order valence-corrected chi connectivity index (χ0v) is 12.0. The molecule has 4 heteroatoms. The van der Waals surface area contributed by atoms with Crippen LogP contribution < -0.4 is 5.32 Å². The third-order valence-electron chi connectivity index (χ3n) is 3.01. The third kappa shape index (κ3) is 3.83. The van der Waals surface area contributed by atoms with E-state index in [1.165, 1.54) is 11.1 Å². The van der Waals surface area contributed by atoms with Gasteiger partial charge in [-0.15, -0.1) is 11.3 Å². The predicted molar refractivity (Wildman–Crippen MR) is 79.2 cm³/mol. The van der Waals surface area contributed by atoms with E-state index in [0.29, 0.717) is 13.1 Å². The number of hydrogen-bond donors (Lipinski definition) is 1. The fourth-order valence-corrected chi connectivity index (χ4v) is 2.47. The number of thiophene rings is 1. The number of carbonyl (C=O) groups is 1. The van der Waals surface area contributed by atoms with Gasteiger partial charge in [0.15, 0.2) is 0 Å². The number of amides is 2.